The number of ether oxygens (including phenoxy) is 1. The highest BCUT2D eigenvalue weighted by atomic mass is 19.4. The Morgan fingerprint density at radius 3 is 2.73 bits per heavy atom. The third-order valence-corrected chi connectivity index (χ3v) is 5.61. The monoisotopic (exact) mass is 460 g/mol. The highest BCUT2D eigenvalue weighted by molar-refractivity contribution is 6.07. The van der Waals surface area contributed by atoms with Crippen molar-refractivity contribution in [2.24, 2.45) is 0 Å². The third-order valence-electron chi connectivity index (χ3n) is 5.61. The molecule has 0 aliphatic carbocycles. The number of anilines is 2. The molecule has 1 amide bonds. The summed E-state index contributed by atoms with van der Waals surface area (Å²) in [6.07, 6.45) is -4.45. The molecule has 0 saturated heterocycles. The molecule has 0 unspecified atom stereocenters. The Labute approximate surface area is 188 Å². The summed E-state index contributed by atoms with van der Waals surface area (Å²) >= 11 is 0. The van der Waals surface area contributed by atoms with Gasteiger partial charge in [0.2, 0.25) is 0 Å². The number of aliphatic hydroxyl groups excluding tert-OH is 1. The molecule has 3 aromatic rings. The highest BCUT2D eigenvalue weighted by Crippen LogP contribution is 2.44. The van der Waals surface area contributed by atoms with E-state index in [1.807, 2.05) is 0 Å². The van der Waals surface area contributed by atoms with Gasteiger partial charge in [-0.1, -0.05) is 24.3 Å². The van der Waals surface area contributed by atoms with E-state index in [0.29, 0.717) is 22.6 Å². The first-order valence-corrected chi connectivity index (χ1v) is 10.3. The quantitative estimate of drug-likeness (QED) is 0.506. The topological polar surface area (TPSA) is 88.4 Å². The van der Waals surface area contributed by atoms with Gasteiger partial charge in [0.05, 0.1) is 25.5 Å². The van der Waals surface area contributed by atoms with E-state index >= 15 is 0 Å². The van der Waals surface area contributed by atoms with Crippen molar-refractivity contribution in [3.63, 3.8) is 0 Å². The second-order valence-corrected chi connectivity index (χ2v) is 7.87. The molecular weight excluding hydrogens is 437 g/mol. The highest BCUT2D eigenvalue weighted by Gasteiger charge is 2.47. The fourth-order valence-corrected chi connectivity index (χ4v) is 3.88. The molecule has 0 bridgehead atoms. The number of amides is 1. The van der Waals surface area contributed by atoms with Gasteiger partial charge < -0.3 is 20.5 Å². The van der Waals surface area contributed by atoms with Crippen molar-refractivity contribution >= 4 is 17.4 Å². The van der Waals surface area contributed by atoms with E-state index in [9.17, 15) is 23.1 Å². The lowest BCUT2D eigenvalue weighted by molar-refractivity contribution is -0.173. The van der Waals surface area contributed by atoms with Gasteiger partial charge in [0.1, 0.15) is 17.1 Å². The summed E-state index contributed by atoms with van der Waals surface area (Å²) in [5.41, 5.74) is 1.59. The van der Waals surface area contributed by atoms with Crippen molar-refractivity contribution < 1.29 is 27.8 Å². The van der Waals surface area contributed by atoms with Crippen LogP contribution in [-0.2, 0) is 0 Å². The number of alkyl halides is 3. The lowest BCUT2D eigenvalue weighted by Crippen LogP contribution is -2.36. The Balaban J connectivity index is 1.67. The third kappa shape index (κ3) is 4.65. The molecule has 33 heavy (non-hydrogen) atoms. The zero-order valence-electron chi connectivity index (χ0n) is 17.9. The maximum Gasteiger partial charge on any atom is 0.410 e. The van der Waals surface area contributed by atoms with E-state index in [-0.39, 0.29) is 17.8 Å². The summed E-state index contributed by atoms with van der Waals surface area (Å²) in [4.78, 5) is 13.0. The largest absolute Gasteiger partial charge is 0.497 e. The molecule has 174 valence electrons. The number of hydrogen-bond donors (Lipinski definition) is 3. The second kappa shape index (κ2) is 8.78. The Kier molecular flexibility index (Phi) is 6.03. The molecule has 2 aromatic carbocycles. The molecular formula is C23H23F3N4O3. The van der Waals surface area contributed by atoms with Gasteiger partial charge >= 0.3 is 6.18 Å². The van der Waals surface area contributed by atoms with Crippen molar-refractivity contribution in [1.29, 1.82) is 0 Å². The van der Waals surface area contributed by atoms with E-state index in [1.165, 1.54) is 7.11 Å². The maximum absolute atomic E-state index is 13.9. The van der Waals surface area contributed by atoms with Crippen LogP contribution in [0.2, 0.25) is 0 Å². The molecule has 0 fully saturated rings. The molecule has 4 rings (SSSR count). The minimum Gasteiger partial charge on any atom is -0.497 e. The Bertz CT molecular complexity index is 1160. The summed E-state index contributed by atoms with van der Waals surface area (Å²) in [5, 5.41) is 19.4. The van der Waals surface area contributed by atoms with E-state index < -0.39 is 30.3 Å². The Morgan fingerprint density at radius 2 is 2.03 bits per heavy atom. The molecule has 1 aliphatic heterocycles. The Morgan fingerprint density at radius 1 is 1.27 bits per heavy atom. The second-order valence-electron chi connectivity index (χ2n) is 7.87. The van der Waals surface area contributed by atoms with Crippen LogP contribution >= 0.6 is 0 Å². The zero-order valence-corrected chi connectivity index (χ0v) is 17.9. The minimum absolute atomic E-state index is 0.0134. The van der Waals surface area contributed by atoms with Crippen LogP contribution in [0.25, 0.3) is 0 Å². The molecule has 10 heteroatoms. The zero-order chi connectivity index (χ0) is 23.8. The summed E-state index contributed by atoms with van der Waals surface area (Å²) in [7, 11) is 1.48. The maximum atomic E-state index is 13.9. The number of carbonyl (C=O) groups is 1. The van der Waals surface area contributed by atoms with Gasteiger partial charge in [0.15, 0.2) is 6.04 Å². The summed E-state index contributed by atoms with van der Waals surface area (Å²) < 4.78 is 47.7. The number of nitrogens with one attached hydrogen (secondary N) is 2. The lowest BCUT2D eigenvalue weighted by Gasteiger charge is -2.34. The normalized spacial score (nSPS) is 18.7. The Hall–Kier alpha value is -3.53. The van der Waals surface area contributed by atoms with Gasteiger partial charge in [-0.2, -0.15) is 18.3 Å². The van der Waals surface area contributed by atoms with Crippen LogP contribution in [0.1, 0.15) is 53.0 Å². The first-order valence-electron chi connectivity index (χ1n) is 10.3. The standard InChI is InChI=1S/C23H23F3N4O3/c1-13(31)14-5-3-7-16(9-14)28-22(32)18-12-27-30-20(23(24,25)26)11-19(29-21(18)30)15-6-4-8-17(10-15)33-2/h3-10,12-13,19-20,29,31H,11H2,1-2H3,(H,28,32)/t13-,19+,20+/m0/s1. The molecule has 0 saturated carbocycles. The van der Waals surface area contributed by atoms with E-state index in [2.05, 4.69) is 15.7 Å². The number of nitrogens with zero attached hydrogens (tertiary/aromatic N) is 2. The first kappa shape index (κ1) is 22.7. The minimum atomic E-state index is -4.56. The fraction of sp³-hybridized carbons (Fsp3) is 0.304. The molecule has 0 radical (unpaired) electrons. The number of aliphatic hydroxyl groups is 1. The van der Waals surface area contributed by atoms with Crippen LogP contribution in [-0.4, -0.2) is 34.1 Å². The number of hydrogen-bond acceptors (Lipinski definition) is 5. The van der Waals surface area contributed by atoms with Gasteiger partial charge in [-0.15, -0.1) is 0 Å². The van der Waals surface area contributed by atoms with Crippen LogP contribution in [0.5, 0.6) is 5.75 Å². The van der Waals surface area contributed by atoms with Crippen LogP contribution in [0.3, 0.4) is 0 Å². The lowest BCUT2D eigenvalue weighted by atomic mass is 9.96. The number of methoxy groups -OCH3 is 1. The van der Waals surface area contributed by atoms with Crippen molar-refractivity contribution in [2.45, 2.75) is 37.7 Å². The summed E-state index contributed by atoms with van der Waals surface area (Å²) in [6, 6.07) is 10.8. The predicted octanol–water partition coefficient (Wildman–Crippen LogP) is 4.86. The van der Waals surface area contributed by atoms with Gasteiger partial charge in [0, 0.05) is 12.1 Å². The van der Waals surface area contributed by atoms with Crippen LogP contribution < -0.4 is 15.4 Å². The number of halogens is 3. The molecule has 0 spiro atoms. The molecule has 7 nitrogen and oxygen atoms in total. The average molecular weight is 460 g/mol. The number of fused-ring (bicyclic) bond motifs is 1. The summed E-state index contributed by atoms with van der Waals surface area (Å²) in [6.45, 7) is 1.59. The predicted molar refractivity (Wildman–Crippen MR) is 116 cm³/mol. The number of carbonyl (C=O) groups excluding carboxylic acids is 1. The van der Waals surface area contributed by atoms with Crippen molar-refractivity contribution in [3.05, 3.63) is 71.4 Å². The van der Waals surface area contributed by atoms with Crippen LogP contribution in [0, 0.1) is 0 Å². The number of aromatic nitrogens is 2. The van der Waals surface area contributed by atoms with Crippen molar-refractivity contribution in [1.82, 2.24) is 9.78 Å². The fourth-order valence-electron chi connectivity index (χ4n) is 3.88. The smallest absolute Gasteiger partial charge is 0.410 e. The van der Waals surface area contributed by atoms with Gasteiger partial charge in [-0.25, -0.2) is 4.68 Å². The van der Waals surface area contributed by atoms with Crippen molar-refractivity contribution in [2.75, 3.05) is 17.7 Å². The summed E-state index contributed by atoms with van der Waals surface area (Å²) in [5.74, 6) is -0.104. The van der Waals surface area contributed by atoms with Gasteiger partial charge in [0.25, 0.3) is 5.91 Å². The van der Waals surface area contributed by atoms with Crippen LogP contribution in [0.15, 0.2) is 54.7 Å². The van der Waals surface area contributed by atoms with Gasteiger partial charge in [-0.3, -0.25) is 4.79 Å². The SMILES string of the molecule is COc1cccc([C@H]2C[C@H](C(F)(F)F)n3ncc(C(=O)Nc4cccc([C@H](C)O)c4)c3N2)c1. The number of rotatable bonds is 5. The molecule has 2 heterocycles. The molecule has 3 N–H and O–H groups in total. The van der Waals surface area contributed by atoms with Crippen molar-refractivity contribution in [3.8, 4) is 5.75 Å². The van der Waals surface area contributed by atoms with E-state index in [4.69, 9.17) is 4.74 Å². The molecule has 1 aromatic heterocycles. The van der Waals surface area contributed by atoms with E-state index in [0.717, 1.165) is 10.9 Å². The number of benzene rings is 2. The first-order chi connectivity index (χ1) is 15.7. The van der Waals surface area contributed by atoms with Gasteiger partial charge in [-0.05, 0) is 42.3 Å². The van der Waals surface area contributed by atoms with Crippen LogP contribution in [0.4, 0.5) is 24.7 Å². The average Bonchev–Trinajstić information content (AvgIpc) is 3.22. The molecule has 1 aliphatic rings. The molecule has 3 atom stereocenters. The van der Waals surface area contributed by atoms with E-state index in [1.54, 1.807) is 55.5 Å².